The number of nitrogens with zero attached hydrogens (tertiary/aromatic N) is 1. The molecule has 18 heavy (non-hydrogen) atoms. The predicted molar refractivity (Wildman–Crippen MR) is 71.7 cm³/mol. The first-order chi connectivity index (χ1) is 8.49. The summed E-state index contributed by atoms with van der Waals surface area (Å²) in [5, 5.41) is -0.127. The average molecular weight is 283 g/mol. The minimum Gasteiger partial charge on any atom is -0.396 e. The molecule has 2 aromatic heterocycles. The molecule has 0 unspecified atom stereocenters. The first kappa shape index (κ1) is 13.0. The number of pyridine rings is 1. The Hall–Kier alpha value is -1.44. The minimum atomic E-state index is -3.66. The zero-order valence-electron chi connectivity index (χ0n) is 9.75. The molecule has 0 saturated heterocycles. The smallest absolute Gasteiger partial charge is 0.260 e. The van der Waals surface area contributed by atoms with Crippen LogP contribution in [0.3, 0.4) is 0 Å². The lowest BCUT2D eigenvalue weighted by molar-refractivity contribution is 0.578. The second-order valence-corrected chi connectivity index (χ2v) is 6.79. The average Bonchev–Trinajstić information content (AvgIpc) is 2.73. The monoisotopic (exact) mass is 283 g/mol. The van der Waals surface area contributed by atoms with Crippen LogP contribution in [0.25, 0.3) is 0 Å². The van der Waals surface area contributed by atoms with E-state index in [4.69, 9.17) is 5.73 Å². The molecule has 0 aliphatic carbocycles. The molecule has 5 nitrogen and oxygen atoms in total. The Labute approximate surface area is 110 Å². The molecule has 2 rings (SSSR count). The van der Waals surface area contributed by atoms with Gasteiger partial charge < -0.3 is 5.73 Å². The summed E-state index contributed by atoms with van der Waals surface area (Å²) in [6.07, 6.45) is 1.40. The van der Waals surface area contributed by atoms with Crippen molar-refractivity contribution in [1.29, 1.82) is 0 Å². The molecule has 7 heteroatoms. The number of sulfonamides is 1. The summed E-state index contributed by atoms with van der Waals surface area (Å²) in [5.74, 6) is 0. The van der Waals surface area contributed by atoms with Gasteiger partial charge in [0.05, 0.1) is 5.69 Å². The second-order valence-electron chi connectivity index (χ2n) is 3.73. The number of nitrogen functional groups attached to an aromatic ring is 1. The lowest BCUT2D eigenvalue weighted by atomic mass is 10.4. The number of nitrogens with two attached hydrogens (primary N) is 1. The molecule has 96 valence electrons. The van der Waals surface area contributed by atoms with Crippen LogP contribution in [0.2, 0.25) is 0 Å². The van der Waals surface area contributed by atoms with Gasteiger partial charge in [-0.1, -0.05) is 0 Å². The largest absolute Gasteiger partial charge is 0.396 e. The van der Waals surface area contributed by atoms with Gasteiger partial charge in [0, 0.05) is 22.5 Å². The first-order valence-electron chi connectivity index (χ1n) is 5.24. The Morgan fingerprint density at radius 1 is 1.39 bits per heavy atom. The number of thiophene rings is 1. The van der Waals surface area contributed by atoms with Gasteiger partial charge in [-0.3, -0.25) is 0 Å². The highest BCUT2D eigenvalue weighted by atomic mass is 32.2. The zero-order chi connectivity index (χ0) is 13.2. The minimum absolute atomic E-state index is 0.127. The summed E-state index contributed by atoms with van der Waals surface area (Å²) in [6, 6.07) is 6.95. The number of anilines is 1. The summed E-state index contributed by atoms with van der Waals surface area (Å²) >= 11 is 1.55. The van der Waals surface area contributed by atoms with Crippen LogP contribution in [0.1, 0.15) is 9.75 Å². The molecular weight excluding hydrogens is 270 g/mol. The van der Waals surface area contributed by atoms with E-state index in [1.807, 2.05) is 19.1 Å². The van der Waals surface area contributed by atoms with Crippen molar-refractivity contribution in [3.8, 4) is 0 Å². The third-order valence-electron chi connectivity index (χ3n) is 2.29. The fourth-order valence-electron chi connectivity index (χ4n) is 1.44. The molecule has 3 N–H and O–H groups in total. The second kappa shape index (κ2) is 5.05. The van der Waals surface area contributed by atoms with Gasteiger partial charge in [0.15, 0.2) is 5.03 Å². The van der Waals surface area contributed by atoms with Crippen LogP contribution >= 0.6 is 11.3 Å². The van der Waals surface area contributed by atoms with E-state index in [1.165, 1.54) is 12.3 Å². The molecule has 0 aromatic carbocycles. The van der Waals surface area contributed by atoms with Gasteiger partial charge in [-0.05, 0) is 31.2 Å². The lowest BCUT2D eigenvalue weighted by Gasteiger charge is -2.06. The van der Waals surface area contributed by atoms with Crippen LogP contribution in [0, 0.1) is 6.92 Å². The van der Waals surface area contributed by atoms with Crippen molar-refractivity contribution in [2.75, 3.05) is 5.73 Å². The molecule has 2 aromatic rings. The molecule has 0 aliphatic rings. The first-order valence-corrected chi connectivity index (χ1v) is 7.54. The summed E-state index contributed by atoms with van der Waals surface area (Å²) in [7, 11) is -3.66. The molecule has 0 spiro atoms. The van der Waals surface area contributed by atoms with E-state index in [-0.39, 0.29) is 17.3 Å². The van der Waals surface area contributed by atoms with E-state index in [2.05, 4.69) is 9.71 Å². The Kier molecular flexibility index (Phi) is 3.65. The molecular formula is C11H13N3O2S2. The van der Waals surface area contributed by atoms with Crippen LogP contribution in [0.5, 0.6) is 0 Å². The molecule has 2 heterocycles. The SMILES string of the molecule is Cc1ccc(CNS(=O)(=O)c2ncccc2N)s1. The van der Waals surface area contributed by atoms with Gasteiger partial charge in [-0.2, -0.15) is 0 Å². The van der Waals surface area contributed by atoms with Gasteiger partial charge in [-0.15, -0.1) is 11.3 Å². The summed E-state index contributed by atoms with van der Waals surface area (Å²) in [5.41, 5.74) is 5.75. The third kappa shape index (κ3) is 2.87. The molecule has 0 bridgehead atoms. The Balaban J connectivity index is 2.16. The number of rotatable bonds is 4. The number of aryl methyl sites for hydroxylation is 1. The third-order valence-corrected chi connectivity index (χ3v) is 4.66. The summed E-state index contributed by atoms with van der Waals surface area (Å²) < 4.78 is 26.5. The van der Waals surface area contributed by atoms with Crippen molar-refractivity contribution in [1.82, 2.24) is 9.71 Å². The Morgan fingerprint density at radius 2 is 2.17 bits per heavy atom. The Bertz CT molecular complexity index is 650. The molecule has 0 amide bonds. The van der Waals surface area contributed by atoms with Crippen LogP contribution in [0.4, 0.5) is 5.69 Å². The zero-order valence-corrected chi connectivity index (χ0v) is 11.4. The van der Waals surface area contributed by atoms with Gasteiger partial charge >= 0.3 is 0 Å². The van der Waals surface area contributed by atoms with E-state index in [9.17, 15) is 8.42 Å². The van der Waals surface area contributed by atoms with Gasteiger partial charge in [0.25, 0.3) is 10.0 Å². The van der Waals surface area contributed by atoms with Crippen LogP contribution in [-0.4, -0.2) is 13.4 Å². The van der Waals surface area contributed by atoms with Gasteiger partial charge in [0.2, 0.25) is 0 Å². The molecule has 0 fully saturated rings. The quantitative estimate of drug-likeness (QED) is 0.890. The van der Waals surface area contributed by atoms with Crippen molar-refractivity contribution in [3.05, 3.63) is 40.2 Å². The van der Waals surface area contributed by atoms with E-state index in [1.54, 1.807) is 17.4 Å². The molecule has 0 aliphatic heterocycles. The maximum absolute atomic E-state index is 12.0. The van der Waals surface area contributed by atoms with Gasteiger partial charge in [-0.25, -0.2) is 18.1 Å². The van der Waals surface area contributed by atoms with Crippen molar-refractivity contribution < 1.29 is 8.42 Å². The van der Waals surface area contributed by atoms with E-state index in [0.717, 1.165) is 9.75 Å². The summed E-state index contributed by atoms with van der Waals surface area (Å²) in [4.78, 5) is 5.89. The van der Waals surface area contributed by atoms with Gasteiger partial charge in [0.1, 0.15) is 0 Å². The topological polar surface area (TPSA) is 85.1 Å². The number of aromatic nitrogens is 1. The normalized spacial score (nSPS) is 11.6. The highest BCUT2D eigenvalue weighted by Gasteiger charge is 2.18. The summed E-state index contributed by atoms with van der Waals surface area (Å²) in [6.45, 7) is 2.22. The highest BCUT2D eigenvalue weighted by Crippen LogP contribution is 2.17. The Morgan fingerprint density at radius 3 is 2.78 bits per heavy atom. The van der Waals surface area contributed by atoms with Crippen molar-refractivity contribution >= 4 is 27.0 Å². The van der Waals surface area contributed by atoms with Crippen LogP contribution in [-0.2, 0) is 16.6 Å². The van der Waals surface area contributed by atoms with Crippen molar-refractivity contribution in [2.24, 2.45) is 0 Å². The fraction of sp³-hybridized carbons (Fsp3) is 0.182. The lowest BCUT2D eigenvalue weighted by Crippen LogP contribution is -2.24. The maximum atomic E-state index is 12.0. The van der Waals surface area contributed by atoms with Crippen LogP contribution in [0.15, 0.2) is 35.5 Å². The standard InChI is InChI=1S/C11H13N3O2S2/c1-8-4-5-9(17-8)7-14-18(15,16)11-10(12)3-2-6-13-11/h2-6,14H,7,12H2,1H3. The molecule has 0 saturated carbocycles. The molecule has 0 atom stereocenters. The number of hydrogen-bond donors (Lipinski definition) is 2. The van der Waals surface area contributed by atoms with Crippen molar-refractivity contribution in [2.45, 2.75) is 18.5 Å². The van der Waals surface area contributed by atoms with Crippen molar-refractivity contribution in [3.63, 3.8) is 0 Å². The van der Waals surface area contributed by atoms with E-state index in [0.29, 0.717) is 0 Å². The maximum Gasteiger partial charge on any atom is 0.260 e. The number of hydrogen-bond acceptors (Lipinski definition) is 5. The van der Waals surface area contributed by atoms with E-state index < -0.39 is 10.0 Å². The fourth-order valence-corrected chi connectivity index (χ4v) is 3.42. The molecule has 0 radical (unpaired) electrons. The predicted octanol–water partition coefficient (Wildman–Crippen LogP) is 1.51. The highest BCUT2D eigenvalue weighted by molar-refractivity contribution is 7.89. The van der Waals surface area contributed by atoms with Crippen LogP contribution < -0.4 is 10.5 Å². The number of nitrogens with one attached hydrogen (secondary N) is 1. The van der Waals surface area contributed by atoms with E-state index >= 15 is 0 Å².